The summed E-state index contributed by atoms with van der Waals surface area (Å²) < 4.78 is 11.0. The van der Waals surface area contributed by atoms with Crippen molar-refractivity contribution in [3.63, 3.8) is 0 Å². The topological polar surface area (TPSA) is 128 Å². The summed E-state index contributed by atoms with van der Waals surface area (Å²) in [6, 6.07) is 7.43. The number of nitro groups is 1. The third-order valence-electron chi connectivity index (χ3n) is 4.39. The third-order valence-corrected chi connectivity index (χ3v) is 5.16. The zero-order valence-electron chi connectivity index (χ0n) is 15.8. The van der Waals surface area contributed by atoms with E-state index in [4.69, 9.17) is 9.15 Å². The molecule has 0 saturated carbocycles. The first-order valence-corrected chi connectivity index (χ1v) is 9.78. The number of carbonyl (C=O) groups is 2. The average molecular weight is 428 g/mol. The van der Waals surface area contributed by atoms with E-state index in [1.54, 1.807) is 12.1 Å². The number of hydrogen-bond acceptors (Lipinski definition) is 8. The maximum absolute atomic E-state index is 12.4. The number of benzene rings is 1. The third kappa shape index (κ3) is 4.01. The Morgan fingerprint density at radius 2 is 2.20 bits per heavy atom. The summed E-state index contributed by atoms with van der Waals surface area (Å²) in [6.07, 6.45) is 0. The molecule has 0 atom stereocenters. The molecule has 2 amide bonds. The van der Waals surface area contributed by atoms with Crippen LogP contribution in [0.2, 0.25) is 0 Å². The number of aromatic nitrogens is 1. The highest BCUT2D eigenvalue weighted by molar-refractivity contribution is 7.09. The van der Waals surface area contributed by atoms with Crippen LogP contribution in [0.5, 0.6) is 5.75 Å². The van der Waals surface area contributed by atoms with Crippen molar-refractivity contribution in [1.82, 2.24) is 10.3 Å². The molecule has 4 rings (SSSR count). The molecule has 0 fully saturated rings. The van der Waals surface area contributed by atoms with E-state index >= 15 is 0 Å². The fraction of sp³-hybridized carbons (Fsp3) is 0.211. The van der Waals surface area contributed by atoms with Gasteiger partial charge in [0.15, 0.2) is 12.4 Å². The van der Waals surface area contributed by atoms with Gasteiger partial charge in [-0.15, -0.1) is 11.3 Å². The molecule has 0 radical (unpaired) electrons. The molecule has 3 heterocycles. The van der Waals surface area contributed by atoms with E-state index in [1.165, 1.54) is 34.4 Å². The van der Waals surface area contributed by atoms with Gasteiger partial charge in [-0.25, -0.2) is 4.98 Å². The minimum atomic E-state index is -0.573. The lowest BCUT2D eigenvalue weighted by atomic mass is 10.2. The van der Waals surface area contributed by atoms with Crippen LogP contribution in [-0.2, 0) is 16.1 Å². The molecule has 0 bridgehead atoms. The Hall–Kier alpha value is -3.73. The predicted octanol–water partition coefficient (Wildman–Crippen LogP) is 2.66. The van der Waals surface area contributed by atoms with Crippen LogP contribution < -0.4 is 15.0 Å². The first kappa shape index (κ1) is 19.6. The molecule has 11 heteroatoms. The van der Waals surface area contributed by atoms with Crippen LogP contribution in [0.15, 0.2) is 40.1 Å². The van der Waals surface area contributed by atoms with Gasteiger partial charge >= 0.3 is 0 Å². The van der Waals surface area contributed by atoms with Gasteiger partial charge in [-0.05, 0) is 25.1 Å². The number of carbonyl (C=O) groups excluding carboxylic acids is 2. The summed E-state index contributed by atoms with van der Waals surface area (Å²) in [5.41, 5.74) is 0.722. The molecule has 1 aliphatic rings. The van der Waals surface area contributed by atoms with Crippen molar-refractivity contribution in [3.8, 4) is 17.2 Å². The van der Waals surface area contributed by atoms with Crippen LogP contribution in [-0.4, -0.2) is 34.9 Å². The van der Waals surface area contributed by atoms with Crippen LogP contribution in [0.4, 0.5) is 11.4 Å². The smallest absolute Gasteiger partial charge is 0.271 e. The maximum atomic E-state index is 12.4. The van der Waals surface area contributed by atoms with Gasteiger partial charge in [-0.3, -0.25) is 24.6 Å². The van der Waals surface area contributed by atoms with Crippen molar-refractivity contribution in [1.29, 1.82) is 0 Å². The number of amides is 2. The standard InChI is InChI=1S/C19H16N4O6S/c1-11-21-14(10-30-11)16-5-3-13(29-16)7-20-18(24)8-22-15-6-12(23(26)27)2-4-17(15)28-9-19(22)25/h2-6,10H,7-9H2,1H3,(H,20,24). The Kier molecular flexibility index (Phi) is 5.19. The molecule has 1 aromatic carbocycles. The monoisotopic (exact) mass is 428 g/mol. The summed E-state index contributed by atoms with van der Waals surface area (Å²) >= 11 is 1.51. The molecule has 10 nitrogen and oxygen atoms in total. The van der Waals surface area contributed by atoms with E-state index in [9.17, 15) is 19.7 Å². The van der Waals surface area contributed by atoms with E-state index < -0.39 is 16.7 Å². The van der Waals surface area contributed by atoms with Crippen LogP contribution in [0.25, 0.3) is 11.5 Å². The zero-order valence-corrected chi connectivity index (χ0v) is 16.6. The fourth-order valence-corrected chi connectivity index (χ4v) is 3.55. The first-order chi connectivity index (χ1) is 14.4. The lowest BCUT2D eigenvalue weighted by molar-refractivity contribution is -0.384. The van der Waals surface area contributed by atoms with E-state index in [0.29, 0.717) is 17.3 Å². The van der Waals surface area contributed by atoms with Crippen molar-refractivity contribution in [3.05, 3.63) is 56.6 Å². The lowest BCUT2D eigenvalue weighted by Crippen LogP contribution is -2.45. The normalized spacial score (nSPS) is 13.0. The van der Waals surface area contributed by atoms with Gasteiger partial charge in [0.05, 0.1) is 22.2 Å². The number of thiazole rings is 1. The van der Waals surface area contributed by atoms with Crippen LogP contribution >= 0.6 is 11.3 Å². The molecule has 0 spiro atoms. The molecule has 0 saturated heterocycles. The Morgan fingerprint density at radius 1 is 1.37 bits per heavy atom. The summed E-state index contributed by atoms with van der Waals surface area (Å²) in [7, 11) is 0. The molecule has 30 heavy (non-hydrogen) atoms. The Bertz CT molecular complexity index is 1140. The number of anilines is 1. The number of fused-ring (bicyclic) bond motifs is 1. The van der Waals surface area contributed by atoms with Crippen molar-refractivity contribution in [2.75, 3.05) is 18.1 Å². The Balaban J connectivity index is 1.42. The zero-order chi connectivity index (χ0) is 21.3. The number of nitrogens with one attached hydrogen (secondary N) is 1. The molecular formula is C19H16N4O6S. The van der Waals surface area contributed by atoms with Crippen molar-refractivity contribution >= 4 is 34.5 Å². The SMILES string of the molecule is Cc1nc(-c2ccc(CNC(=O)CN3C(=O)COc4ccc([N+](=O)[O-])cc43)o2)cs1. The molecule has 2 aromatic heterocycles. The van der Waals surface area contributed by atoms with E-state index in [-0.39, 0.29) is 31.1 Å². The van der Waals surface area contributed by atoms with Gasteiger partial charge in [0.2, 0.25) is 5.91 Å². The second-order valence-corrected chi connectivity index (χ2v) is 7.53. The Labute approximate surface area is 174 Å². The minimum absolute atomic E-state index is 0.127. The second kappa shape index (κ2) is 7.95. The summed E-state index contributed by atoms with van der Waals surface area (Å²) in [6.45, 7) is 1.49. The van der Waals surface area contributed by atoms with E-state index in [0.717, 1.165) is 10.7 Å². The maximum Gasteiger partial charge on any atom is 0.271 e. The molecular weight excluding hydrogens is 412 g/mol. The van der Waals surface area contributed by atoms with Gasteiger partial charge in [-0.2, -0.15) is 0 Å². The molecule has 3 aromatic rings. The van der Waals surface area contributed by atoms with E-state index in [2.05, 4.69) is 10.3 Å². The number of ether oxygens (including phenoxy) is 1. The van der Waals surface area contributed by atoms with Crippen LogP contribution in [0.1, 0.15) is 10.8 Å². The van der Waals surface area contributed by atoms with Crippen LogP contribution in [0.3, 0.4) is 0 Å². The van der Waals surface area contributed by atoms with Crippen molar-refractivity contribution < 1.29 is 23.7 Å². The highest BCUT2D eigenvalue weighted by Crippen LogP contribution is 2.35. The fourth-order valence-electron chi connectivity index (χ4n) is 2.95. The number of furan rings is 1. The van der Waals surface area contributed by atoms with Crippen molar-refractivity contribution in [2.24, 2.45) is 0 Å². The number of nitro benzene ring substituents is 1. The highest BCUT2D eigenvalue weighted by atomic mass is 32.1. The van der Waals surface area contributed by atoms with Gasteiger partial charge in [0.1, 0.15) is 23.7 Å². The largest absolute Gasteiger partial charge is 0.482 e. The minimum Gasteiger partial charge on any atom is -0.482 e. The predicted molar refractivity (Wildman–Crippen MR) is 107 cm³/mol. The molecule has 1 N–H and O–H groups in total. The quantitative estimate of drug-likeness (QED) is 0.472. The number of aryl methyl sites for hydroxylation is 1. The molecule has 154 valence electrons. The summed E-state index contributed by atoms with van der Waals surface area (Å²) in [4.78, 5) is 40.6. The van der Waals surface area contributed by atoms with Gasteiger partial charge in [-0.1, -0.05) is 0 Å². The summed E-state index contributed by atoms with van der Waals surface area (Å²) in [5, 5.41) is 16.5. The van der Waals surface area contributed by atoms with Gasteiger partial charge in [0, 0.05) is 17.5 Å². The van der Waals surface area contributed by atoms with Crippen molar-refractivity contribution in [2.45, 2.75) is 13.5 Å². The molecule has 0 aliphatic carbocycles. The molecule has 0 unspecified atom stereocenters. The number of non-ortho nitro benzene ring substituents is 1. The number of rotatable bonds is 6. The first-order valence-electron chi connectivity index (χ1n) is 8.90. The molecule has 1 aliphatic heterocycles. The Morgan fingerprint density at radius 3 is 2.93 bits per heavy atom. The van der Waals surface area contributed by atoms with E-state index in [1.807, 2.05) is 12.3 Å². The second-order valence-electron chi connectivity index (χ2n) is 6.47. The number of hydrogen-bond donors (Lipinski definition) is 1. The van der Waals surface area contributed by atoms with Crippen LogP contribution in [0, 0.1) is 17.0 Å². The van der Waals surface area contributed by atoms with Gasteiger partial charge < -0.3 is 14.5 Å². The highest BCUT2D eigenvalue weighted by Gasteiger charge is 2.29. The summed E-state index contributed by atoms with van der Waals surface area (Å²) in [5.74, 6) is 0.547. The lowest BCUT2D eigenvalue weighted by Gasteiger charge is -2.28. The van der Waals surface area contributed by atoms with Gasteiger partial charge in [0.25, 0.3) is 11.6 Å². The average Bonchev–Trinajstić information content (AvgIpc) is 3.37. The number of nitrogens with zero attached hydrogens (tertiary/aromatic N) is 3.